The zero-order valence-corrected chi connectivity index (χ0v) is 18.9. The molecule has 0 fully saturated rings. The molecule has 0 spiro atoms. The second-order valence-corrected chi connectivity index (χ2v) is 8.88. The highest BCUT2D eigenvalue weighted by Crippen LogP contribution is 2.25. The van der Waals surface area contributed by atoms with E-state index < -0.39 is 28.5 Å². The third kappa shape index (κ3) is 5.69. The van der Waals surface area contributed by atoms with Gasteiger partial charge in [-0.15, -0.1) is 0 Å². The summed E-state index contributed by atoms with van der Waals surface area (Å²) in [6.45, 7) is 5.09. The third-order valence-electron chi connectivity index (χ3n) is 4.11. The Morgan fingerprint density at radius 3 is 2.43 bits per heavy atom. The van der Waals surface area contributed by atoms with Gasteiger partial charge in [-0.3, -0.25) is 4.79 Å². The molecule has 2 aromatic rings. The van der Waals surface area contributed by atoms with Gasteiger partial charge in [-0.25, -0.2) is 18.2 Å². The van der Waals surface area contributed by atoms with E-state index in [1.807, 2.05) is 0 Å². The summed E-state index contributed by atoms with van der Waals surface area (Å²) < 4.78 is 31.5. The number of carbonyl (C=O) groups excluding carboxylic acids is 2. The SMILES string of the molecule is CCN(CC)S(=O)(=O)c1cccc(C(=O)OCC(=O)Nc2nc(C)c(Cl)cc2Cl)c1. The molecule has 0 atom stereocenters. The first-order valence-corrected chi connectivity index (χ1v) is 11.2. The summed E-state index contributed by atoms with van der Waals surface area (Å²) in [5.74, 6) is -1.41. The third-order valence-corrected chi connectivity index (χ3v) is 6.83. The summed E-state index contributed by atoms with van der Waals surface area (Å²) in [5, 5.41) is 2.92. The molecule has 30 heavy (non-hydrogen) atoms. The van der Waals surface area contributed by atoms with Crippen LogP contribution in [0.15, 0.2) is 35.2 Å². The number of amides is 1. The lowest BCUT2D eigenvalue weighted by molar-refractivity contribution is -0.119. The van der Waals surface area contributed by atoms with Crippen LogP contribution in [0.5, 0.6) is 0 Å². The van der Waals surface area contributed by atoms with Crippen molar-refractivity contribution in [2.24, 2.45) is 0 Å². The fourth-order valence-corrected chi connectivity index (χ4v) is 4.44. The maximum absolute atomic E-state index is 12.6. The van der Waals surface area contributed by atoms with E-state index in [1.165, 1.54) is 34.6 Å². The number of rotatable bonds is 8. The summed E-state index contributed by atoms with van der Waals surface area (Å²) in [4.78, 5) is 28.4. The van der Waals surface area contributed by atoms with Crippen LogP contribution in [-0.2, 0) is 19.6 Å². The number of carbonyl (C=O) groups is 2. The van der Waals surface area contributed by atoms with E-state index in [0.29, 0.717) is 23.8 Å². The lowest BCUT2D eigenvalue weighted by atomic mass is 10.2. The first-order valence-electron chi connectivity index (χ1n) is 9.00. The van der Waals surface area contributed by atoms with Crippen LogP contribution in [0, 0.1) is 6.92 Å². The second-order valence-electron chi connectivity index (χ2n) is 6.13. The van der Waals surface area contributed by atoms with Gasteiger partial charge in [-0.1, -0.05) is 43.1 Å². The smallest absolute Gasteiger partial charge is 0.338 e. The van der Waals surface area contributed by atoms with Gasteiger partial charge in [0.1, 0.15) is 0 Å². The van der Waals surface area contributed by atoms with Gasteiger partial charge in [-0.2, -0.15) is 4.31 Å². The molecule has 1 heterocycles. The highest BCUT2D eigenvalue weighted by molar-refractivity contribution is 7.89. The Morgan fingerprint density at radius 1 is 1.13 bits per heavy atom. The van der Waals surface area contributed by atoms with Crippen LogP contribution in [0.2, 0.25) is 10.0 Å². The van der Waals surface area contributed by atoms with Crippen molar-refractivity contribution in [3.63, 3.8) is 0 Å². The van der Waals surface area contributed by atoms with Crippen molar-refractivity contribution in [1.82, 2.24) is 9.29 Å². The van der Waals surface area contributed by atoms with E-state index in [2.05, 4.69) is 10.3 Å². The van der Waals surface area contributed by atoms with Crippen LogP contribution in [0.4, 0.5) is 5.82 Å². The average Bonchev–Trinajstić information content (AvgIpc) is 2.71. The zero-order valence-electron chi connectivity index (χ0n) is 16.6. The fourth-order valence-electron chi connectivity index (χ4n) is 2.52. The highest BCUT2D eigenvalue weighted by Gasteiger charge is 2.23. The van der Waals surface area contributed by atoms with Crippen molar-refractivity contribution in [3.8, 4) is 0 Å². The van der Waals surface area contributed by atoms with Crippen molar-refractivity contribution in [2.75, 3.05) is 25.0 Å². The van der Waals surface area contributed by atoms with Gasteiger partial charge in [0.2, 0.25) is 10.0 Å². The van der Waals surface area contributed by atoms with Crippen LogP contribution in [0.25, 0.3) is 0 Å². The number of nitrogens with zero attached hydrogens (tertiary/aromatic N) is 2. The standard InChI is InChI=1S/C19H21Cl2N3O5S/c1-4-24(5-2)30(27,28)14-8-6-7-13(9-14)19(26)29-11-17(25)23-18-16(21)10-15(20)12(3)22-18/h6-10H,4-5,11H2,1-3H3,(H,22,23,25). The molecular formula is C19H21Cl2N3O5S. The molecule has 0 saturated carbocycles. The summed E-state index contributed by atoms with van der Waals surface area (Å²) >= 11 is 11.9. The zero-order chi connectivity index (χ0) is 22.5. The maximum Gasteiger partial charge on any atom is 0.338 e. The molecule has 0 saturated heterocycles. The molecule has 11 heteroatoms. The number of sulfonamides is 1. The molecule has 162 valence electrons. The van der Waals surface area contributed by atoms with Gasteiger partial charge in [0.15, 0.2) is 12.4 Å². The molecule has 0 unspecified atom stereocenters. The molecule has 1 N–H and O–H groups in total. The number of aryl methyl sites for hydroxylation is 1. The van der Waals surface area contributed by atoms with Crippen molar-refractivity contribution >= 4 is 50.9 Å². The lowest BCUT2D eigenvalue weighted by Gasteiger charge is -2.18. The van der Waals surface area contributed by atoms with Crippen molar-refractivity contribution < 1.29 is 22.7 Å². The Balaban J connectivity index is 2.07. The van der Waals surface area contributed by atoms with E-state index in [9.17, 15) is 18.0 Å². The van der Waals surface area contributed by atoms with Crippen molar-refractivity contribution in [1.29, 1.82) is 0 Å². The molecule has 1 aromatic carbocycles. The Hall–Kier alpha value is -2.20. The van der Waals surface area contributed by atoms with Crippen LogP contribution < -0.4 is 5.32 Å². The van der Waals surface area contributed by atoms with E-state index in [-0.39, 0.29) is 21.3 Å². The van der Waals surface area contributed by atoms with Gasteiger partial charge in [0.25, 0.3) is 5.91 Å². The lowest BCUT2D eigenvalue weighted by Crippen LogP contribution is -2.30. The normalized spacial score (nSPS) is 11.4. The molecule has 0 bridgehead atoms. The summed E-state index contributed by atoms with van der Waals surface area (Å²) in [6.07, 6.45) is 0. The highest BCUT2D eigenvalue weighted by atomic mass is 35.5. The van der Waals surface area contributed by atoms with Crippen LogP contribution in [-0.4, -0.2) is 49.3 Å². The first-order chi connectivity index (χ1) is 14.1. The minimum absolute atomic E-state index is 0.00882. The van der Waals surface area contributed by atoms with Crippen LogP contribution >= 0.6 is 23.2 Å². The molecule has 0 aliphatic rings. The fraction of sp³-hybridized carbons (Fsp3) is 0.316. The quantitative estimate of drug-likeness (QED) is 0.587. The molecule has 2 rings (SSSR count). The number of halogens is 2. The van der Waals surface area contributed by atoms with Gasteiger partial charge >= 0.3 is 5.97 Å². The van der Waals surface area contributed by atoms with E-state index in [1.54, 1.807) is 20.8 Å². The number of esters is 1. The van der Waals surface area contributed by atoms with Crippen LogP contribution in [0.1, 0.15) is 29.9 Å². The number of hydrogen-bond donors (Lipinski definition) is 1. The Bertz CT molecular complexity index is 1060. The van der Waals surface area contributed by atoms with E-state index in [4.69, 9.17) is 27.9 Å². The van der Waals surface area contributed by atoms with Gasteiger partial charge in [0, 0.05) is 13.1 Å². The average molecular weight is 474 g/mol. The van der Waals surface area contributed by atoms with Crippen molar-refractivity contribution in [2.45, 2.75) is 25.7 Å². The number of pyridine rings is 1. The molecule has 0 aliphatic carbocycles. The van der Waals surface area contributed by atoms with Crippen molar-refractivity contribution in [3.05, 3.63) is 51.6 Å². The minimum atomic E-state index is -3.73. The topological polar surface area (TPSA) is 106 Å². The summed E-state index contributed by atoms with van der Waals surface area (Å²) in [5.41, 5.74) is 0.481. The molecule has 1 amide bonds. The van der Waals surface area contributed by atoms with Gasteiger partial charge in [0.05, 0.1) is 26.2 Å². The van der Waals surface area contributed by atoms with E-state index >= 15 is 0 Å². The number of anilines is 1. The Morgan fingerprint density at radius 2 is 1.80 bits per heavy atom. The van der Waals surface area contributed by atoms with Gasteiger partial charge in [-0.05, 0) is 31.2 Å². The number of ether oxygens (including phenoxy) is 1. The number of nitrogens with one attached hydrogen (secondary N) is 1. The molecule has 0 aliphatic heterocycles. The number of aromatic nitrogens is 1. The molecular weight excluding hydrogens is 453 g/mol. The predicted octanol–water partition coefficient (Wildman–Crippen LogP) is 3.52. The molecule has 1 aromatic heterocycles. The molecule has 8 nitrogen and oxygen atoms in total. The maximum atomic E-state index is 12.6. The number of hydrogen-bond acceptors (Lipinski definition) is 6. The molecule has 0 radical (unpaired) electrons. The Kier molecular flexibility index (Phi) is 8.19. The number of benzene rings is 1. The predicted molar refractivity (Wildman–Crippen MR) is 114 cm³/mol. The van der Waals surface area contributed by atoms with E-state index in [0.717, 1.165) is 0 Å². The largest absolute Gasteiger partial charge is 0.452 e. The summed E-state index contributed by atoms with van der Waals surface area (Å²) in [6, 6.07) is 6.90. The Labute approximate surface area is 185 Å². The van der Waals surface area contributed by atoms with Gasteiger partial charge < -0.3 is 10.1 Å². The summed E-state index contributed by atoms with van der Waals surface area (Å²) in [7, 11) is -3.73. The first kappa shape index (κ1) is 24.1. The monoisotopic (exact) mass is 473 g/mol. The second kappa shape index (κ2) is 10.2. The van der Waals surface area contributed by atoms with Crippen LogP contribution in [0.3, 0.4) is 0 Å². The minimum Gasteiger partial charge on any atom is -0.452 e.